The first-order valence-electron chi connectivity index (χ1n) is 16.9. The van der Waals surface area contributed by atoms with Crippen molar-refractivity contribution in [3.63, 3.8) is 0 Å². The summed E-state index contributed by atoms with van der Waals surface area (Å²) >= 11 is 0. The molecule has 0 aliphatic carbocycles. The molecular weight excluding hydrogens is 615 g/mol. The van der Waals surface area contributed by atoms with Crippen molar-refractivity contribution in [2.75, 3.05) is 0 Å². The third kappa shape index (κ3) is 3.35. The lowest BCUT2D eigenvalue weighted by Gasteiger charge is -2.33. The van der Waals surface area contributed by atoms with Crippen molar-refractivity contribution in [3.05, 3.63) is 152 Å². The van der Waals surface area contributed by atoms with Crippen LogP contribution in [0.25, 0.3) is 61.0 Å². The summed E-state index contributed by atoms with van der Waals surface area (Å²) in [5, 5.41) is 2.34. The van der Waals surface area contributed by atoms with Crippen LogP contribution in [0.3, 0.4) is 0 Å². The third-order valence-electron chi connectivity index (χ3n) is 10.5. The highest BCUT2D eigenvalue weighted by atomic mass is 16.5. The maximum atomic E-state index is 6.71. The summed E-state index contributed by atoms with van der Waals surface area (Å²) in [7, 11) is 0. The summed E-state index contributed by atoms with van der Waals surface area (Å²) in [6.45, 7) is 0.0299. The van der Waals surface area contributed by atoms with Gasteiger partial charge in [-0.15, -0.1) is 0 Å². The summed E-state index contributed by atoms with van der Waals surface area (Å²) in [5.74, 6) is 4.29. The Kier molecular flexibility index (Phi) is 4.96. The van der Waals surface area contributed by atoms with Crippen molar-refractivity contribution in [1.82, 2.24) is 18.5 Å². The molecule has 7 aromatic carbocycles. The Morgan fingerprint density at radius 2 is 1.08 bits per heavy atom. The molecular formula is C43H25BN4O2. The molecule has 12 rings (SSSR count). The standard InChI is InChI=1S/C43H25BN4O2/c1-2-12-26(13-3-1)47-36-24-29-28-14-4-8-18-33(28)46(35(29)25-37(36)48-34-19-9-7-17-32(34)45-43(47)48)27-22-40-42-41(23-27)50-39-21-11-6-16-31(39)44(42)30-15-5-10-20-38(30)49-40/h1-25H. The zero-order valence-electron chi connectivity index (χ0n) is 26.6. The highest BCUT2D eigenvalue weighted by Crippen LogP contribution is 2.41. The van der Waals surface area contributed by atoms with Gasteiger partial charge < -0.3 is 14.0 Å². The molecule has 2 aliphatic heterocycles. The number of rotatable bonds is 2. The normalized spacial score (nSPS) is 13.1. The summed E-state index contributed by atoms with van der Waals surface area (Å²) < 4.78 is 20.3. The number of ether oxygens (including phenoxy) is 2. The fourth-order valence-electron chi connectivity index (χ4n) is 8.48. The second-order valence-electron chi connectivity index (χ2n) is 13.2. The zero-order valence-corrected chi connectivity index (χ0v) is 26.6. The molecule has 0 saturated heterocycles. The van der Waals surface area contributed by atoms with Crippen LogP contribution in [0.2, 0.25) is 0 Å². The van der Waals surface area contributed by atoms with Gasteiger partial charge in [0.15, 0.2) is 0 Å². The van der Waals surface area contributed by atoms with Gasteiger partial charge in [0.2, 0.25) is 5.78 Å². The van der Waals surface area contributed by atoms with Gasteiger partial charge in [-0.25, -0.2) is 4.98 Å². The molecule has 3 aromatic heterocycles. The molecule has 0 spiro atoms. The minimum atomic E-state index is 0.0299. The van der Waals surface area contributed by atoms with E-state index in [0.29, 0.717) is 0 Å². The third-order valence-corrected chi connectivity index (χ3v) is 10.5. The van der Waals surface area contributed by atoms with Gasteiger partial charge in [-0.1, -0.05) is 84.9 Å². The molecule has 0 fully saturated rings. The van der Waals surface area contributed by atoms with Gasteiger partial charge >= 0.3 is 0 Å². The van der Waals surface area contributed by atoms with E-state index in [2.05, 4.69) is 147 Å². The largest absolute Gasteiger partial charge is 0.458 e. The fraction of sp³-hybridized carbons (Fsp3) is 0. The van der Waals surface area contributed by atoms with Crippen molar-refractivity contribution in [2.45, 2.75) is 0 Å². The number of hydrogen-bond acceptors (Lipinski definition) is 3. The SMILES string of the molecule is c1ccc(-n2c3cc4c5ccccc5n(-c5cc6c7c(c5)Oc5ccccc5B7c5ccccc5O6)c4cc3n3c4ccccc4nc23)cc1. The molecule has 0 atom stereocenters. The van der Waals surface area contributed by atoms with Gasteiger partial charge in [-0.2, -0.15) is 0 Å². The number of fused-ring (bicyclic) bond motifs is 12. The first kappa shape index (κ1) is 26.3. The lowest BCUT2D eigenvalue weighted by Crippen LogP contribution is -2.57. The summed E-state index contributed by atoms with van der Waals surface area (Å²) in [4.78, 5) is 5.15. The van der Waals surface area contributed by atoms with E-state index in [-0.39, 0.29) is 6.71 Å². The molecule has 6 nitrogen and oxygen atoms in total. The lowest BCUT2D eigenvalue weighted by molar-refractivity contribution is 0.464. The minimum absolute atomic E-state index is 0.0299. The number of aromatic nitrogens is 4. The van der Waals surface area contributed by atoms with Gasteiger partial charge in [0.25, 0.3) is 6.71 Å². The van der Waals surface area contributed by atoms with Crippen LogP contribution in [0.15, 0.2) is 152 Å². The monoisotopic (exact) mass is 640 g/mol. The second-order valence-corrected chi connectivity index (χ2v) is 13.2. The Labute approximate surface area is 286 Å². The predicted molar refractivity (Wildman–Crippen MR) is 202 cm³/mol. The van der Waals surface area contributed by atoms with E-state index in [4.69, 9.17) is 14.5 Å². The average Bonchev–Trinajstić information content (AvgIpc) is 3.80. The minimum Gasteiger partial charge on any atom is -0.458 e. The van der Waals surface area contributed by atoms with Crippen LogP contribution in [0.4, 0.5) is 0 Å². The first-order chi connectivity index (χ1) is 24.8. The second kappa shape index (κ2) is 9.46. The average molecular weight is 641 g/mol. The fourth-order valence-corrected chi connectivity index (χ4v) is 8.48. The van der Waals surface area contributed by atoms with Crippen LogP contribution in [0.5, 0.6) is 23.0 Å². The van der Waals surface area contributed by atoms with Gasteiger partial charge in [0, 0.05) is 34.1 Å². The van der Waals surface area contributed by atoms with E-state index in [1.165, 1.54) is 5.39 Å². The predicted octanol–water partition coefficient (Wildman–Crippen LogP) is 8.26. The Morgan fingerprint density at radius 1 is 0.440 bits per heavy atom. The van der Waals surface area contributed by atoms with E-state index in [9.17, 15) is 0 Å². The quantitative estimate of drug-likeness (QED) is 0.179. The number of hydrogen-bond donors (Lipinski definition) is 0. The summed E-state index contributed by atoms with van der Waals surface area (Å²) in [5.41, 5.74) is 11.9. The topological polar surface area (TPSA) is 45.6 Å². The van der Waals surface area contributed by atoms with Gasteiger partial charge in [-0.3, -0.25) is 8.97 Å². The Bertz CT molecular complexity index is 2990. The van der Waals surface area contributed by atoms with Crippen molar-refractivity contribution < 1.29 is 9.47 Å². The van der Waals surface area contributed by atoms with Gasteiger partial charge in [-0.05, 0) is 65.5 Å². The molecule has 232 valence electrons. The van der Waals surface area contributed by atoms with E-state index in [0.717, 1.165) is 95.0 Å². The van der Waals surface area contributed by atoms with Crippen molar-refractivity contribution in [3.8, 4) is 34.4 Å². The van der Waals surface area contributed by atoms with E-state index < -0.39 is 0 Å². The van der Waals surface area contributed by atoms with E-state index >= 15 is 0 Å². The van der Waals surface area contributed by atoms with Crippen LogP contribution in [-0.2, 0) is 0 Å². The molecule has 0 radical (unpaired) electrons. The molecule has 10 aromatic rings. The number of benzene rings is 7. The molecule has 5 heterocycles. The zero-order chi connectivity index (χ0) is 32.5. The van der Waals surface area contributed by atoms with Gasteiger partial charge in [0.1, 0.15) is 23.0 Å². The van der Waals surface area contributed by atoms with Gasteiger partial charge in [0.05, 0.1) is 38.8 Å². The molecule has 0 amide bonds. The van der Waals surface area contributed by atoms with Crippen LogP contribution >= 0.6 is 0 Å². The Morgan fingerprint density at radius 3 is 1.84 bits per heavy atom. The van der Waals surface area contributed by atoms with Crippen molar-refractivity contribution in [2.24, 2.45) is 0 Å². The highest BCUT2D eigenvalue weighted by Gasteiger charge is 2.40. The van der Waals surface area contributed by atoms with E-state index in [1.54, 1.807) is 0 Å². The first-order valence-corrected chi connectivity index (χ1v) is 16.9. The van der Waals surface area contributed by atoms with Crippen LogP contribution in [-0.4, -0.2) is 25.2 Å². The van der Waals surface area contributed by atoms with Crippen LogP contribution < -0.4 is 25.9 Å². The molecule has 0 saturated carbocycles. The smallest absolute Gasteiger partial charge is 0.260 e. The van der Waals surface area contributed by atoms with Crippen LogP contribution in [0.1, 0.15) is 0 Å². The molecule has 0 N–H and O–H groups in total. The highest BCUT2D eigenvalue weighted by molar-refractivity contribution is 6.98. The Balaban J connectivity index is 1.18. The molecule has 0 unspecified atom stereocenters. The lowest BCUT2D eigenvalue weighted by atomic mass is 9.35. The van der Waals surface area contributed by atoms with E-state index in [1.807, 2.05) is 18.2 Å². The van der Waals surface area contributed by atoms with Crippen molar-refractivity contribution in [1.29, 1.82) is 0 Å². The maximum absolute atomic E-state index is 6.71. The Hall–Kier alpha value is -6.73. The number of para-hydroxylation sites is 6. The number of nitrogens with zero attached hydrogens (tertiary/aromatic N) is 4. The maximum Gasteiger partial charge on any atom is 0.260 e. The molecule has 0 bridgehead atoms. The molecule has 2 aliphatic rings. The van der Waals surface area contributed by atoms with Crippen LogP contribution in [0, 0.1) is 0 Å². The number of imidazole rings is 2. The summed E-state index contributed by atoms with van der Waals surface area (Å²) in [6, 6.07) is 53.3. The van der Waals surface area contributed by atoms with Crippen molar-refractivity contribution >= 4 is 72.8 Å². The summed E-state index contributed by atoms with van der Waals surface area (Å²) in [6.07, 6.45) is 0. The molecule has 7 heteroatoms. The molecule has 50 heavy (non-hydrogen) atoms.